The maximum absolute atomic E-state index is 6.55. The van der Waals surface area contributed by atoms with Crippen molar-refractivity contribution in [2.75, 3.05) is 0 Å². The molecule has 0 saturated carbocycles. The van der Waals surface area contributed by atoms with Crippen molar-refractivity contribution in [2.45, 2.75) is 83.5 Å². The Labute approximate surface area is 109 Å². The van der Waals surface area contributed by atoms with Gasteiger partial charge in [0.15, 0.2) is 8.32 Å². The highest BCUT2D eigenvalue weighted by atomic mass is 28.4. The Hall–Kier alpha value is -0.0831. The maximum Gasteiger partial charge on any atom is 0.192 e. The molecule has 0 spiro atoms. The topological polar surface area (TPSA) is 9.23 Å². The van der Waals surface area contributed by atoms with Gasteiger partial charge in [-0.25, -0.2) is 0 Å². The lowest BCUT2D eigenvalue weighted by atomic mass is 10.1. The molecule has 0 radical (unpaired) electrons. The molecule has 0 N–H and O–H groups in total. The van der Waals surface area contributed by atoms with Crippen LogP contribution in [-0.4, -0.2) is 14.4 Å². The highest BCUT2D eigenvalue weighted by Crippen LogP contribution is 2.38. The maximum atomic E-state index is 6.55. The molecule has 1 aliphatic carbocycles. The summed E-state index contributed by atoms with van der Waals surface area (Å²) in [6, 6.07) is 0. The first-order valence-corrected chi connectivity index (χ1v) is 10.1. The van der Waals surface area contributed by atoms with Crippen molar-refractivity contribution in [1.29, 1.82) is 0 Å². The number of hydrogen-bond donors (Lipinski definition) is 0. The minimum absolute atomic E-state index is 0.337. The molecule has 0 saturated heterocycles. The van der Waals surface area contributed by atoms with Gasteiger partial charge in [0.1, 0.15) is 0 Å². The Bertz CT molecular complexity index is 238. The van der Waals surface area contributed by atoms with E-state index in [-0.39, 0.29) is 0 Å². The van der Waals surface area contributed by atoms with E-state index in [1.54, 1.807) is 0 Å². The molecule has 1 nitrogen and oxygen atoms in total. The Morgan fingerprint density at radius 2 is 1.47 bits per heavy atom. The first kappa shape index (κ1) is 15.0. The predicted octanol–water partition coefficient (Wildman–Crippen LogP) is 5.29. The van der Waals surface area contributed by atoms with E-state index in [4.69, 9.17) is 4.43 Å². The first-order chi connectivity index (χ1) is 7.83. The van der Waals surface area contributed by atoms with Crippen LogP contribution >= 0.6 is 0 Å². The number of rotatable bonds is 2. The summed E-state index contributed by atoms with van der Waals surface area (Å²) in [7, 11) is -1.57. The summed E-state index contributed by atoms with van der Waals surface area (Å²) in [5.74, 6) is 0. The van der Waals surface area contributed by atoms with Gasteiger partial charge in [0, 0.05) is 6.10 Å². The van der Waals surface area contributed by atoms with Crippen LogP contribution < -0.4 is 0 Å². The lowest BCUT2D eigenvalue weighted by Gasteiger charge is -2.39. The van der Waals surface area contributed by atoms with E-state index in [1.807, 2.05) is 0 Å². The summed E-state index contributed by atoms with van der Waals surface area (Å²) in [6.45, 7) is 11.7. The molecule has 0 aliphatic heterocycles. The van der Waals surface area contributed by atoms with E-state index >= 15 is 0 Å². The molecule has 0 aromatic heterocycles. The fourth-order valence-corrected chi connectivity index (χ4v) is 3.44. The first-order valence-electron chi connectivity index (χ1n) is 7.16. The Morgan fingerprint density at radius 1 is 1.00 bits per heavy atom. The zero-order chi connectivity index (χ0) is 12.9. The standard InChI is InChI=1S/C15H30OSi/c1-15(2,3)17(4,5)16-14-12-10-8-6-7-9-11-13-14/h6-7,14H,8-13H2,1-5H3. The summed E-state index contributed by atoms with van der Waals surface area (Å²) in [4.78, 5) is 0. The molecule has 100 valence electrons. The molecule has 0 aromatic carbocycles. The van der Waals surface area contributed by atoms with Gasteiger partial charge in [-0.05, 0) is 56.7 Å². The van der Waals surface area contributed by atoms with Crippen LogP contribution in [0.15, 0.2) is 12.2 Å². The van der Waals surface area contributed by atoms with Crippen LogP contribution in [0.1, 0.15) is 59.3 Å². The van der Waals surface area contributed by atoms with Crippen molar-refractivity contribution in [3.05, 3.63) is 12.2 Å². The van der Waals surface area contributed by atoms with Gasteiger partial charge in [0.05, 0.1) is 0 Å². The molecular weight excluding hydrogens is 224 g/mol. The molecule has 0 heterocycles. The van der Waals surface area contributed by atoms with Crippen LogP contribution in [0, 0.1) is 0 Å². The smallest absolute Gasteiger partial charge is 0.192 e. The molecule has 0 amide bonds. The zero-order valence-corrected chi connectivity index (χ0v) is 13.4. The van der Waals surface area contributed by atoms with Crippen molar-refractivity contribution >= 4 is 8.32 Å². The molecule has 1 aliphatic rings. The summed E-state index contributed by atoms with van der Waals surface area (Å²) in [5.41, 5.74) is 0. The molecule has 0 fully saturated rings. The second-order valence-corrected chi connectivity index (χ2v) is 11.6. The average molecular weight is 254 g/mol. The fraction of sp³-hybridized carbons (Fsp3) is 0.867. The Balaban J connectivity index is 2.54. The van der Waals surface area contributed by atoms with Crippen molar-refractivity contribution in [2.24, 2.45) is 0 Å². The third kappa shape index (κ3) is 4.97. The molecule has 17 heavy (non-hydrogen) atoms. The van der Waals surface area contributed by atoms with E-state index < -0.39 is 8.32 Å². The molecule has 0 atom stereocenters. The lowest BCUT2D eigenvalue weighted by Crippen LogP contribution is -2.43. The molecule has 0 aromatic rings. The quantitative estimate of drug-likeness (QED) is 0.481. The summed E-state index contributed by atoms with van der Waals surface area (Å²) in [6.07, 6.45) is 12.7. The van der Waals surface area contributed by atoms with E-state index in [9.17, 15) is 0 Å². The van der Waals surface area contributed by atoms with Gasteiger partial charge < -0.3 is 4.43 Å². The Morgan fingerprint density at radius 3 is 1.88 bits per heavy atom. The second-order valence-electron chi connectivity index (χ2n) is 6.83. The summed E-state index contributed by atoms with van der Waals surface area (Å²) in [5, 5.41) is 0.337. The molecule has 2 heteroatoms. The van der Waals surface area contributed by atoms with Gasteiger partial charge in [0.25, 0.3) is 0 Å². The minimum Gasteiger partial charge on any atom is -0.414 e. The van der Waals surface area contributed by atoms with Crippen molar-refractivity contribution in [1.82, 2.24) is 0 Å². The highest BCUT2D eigenvalue weighted by Gasteiger charge is 2.38. The lowest BCUT2D eigenvalue weighted by molar-refractivity contribution is 0.157. The monoisotopic (exact) mass is 254 g/mol. The van der Waals surface area contributed by atoms with E-state index in [1.165, 1.54) is 38.5 Å². The van der Waals surface area contributed by atoms with Crippen LogP contribution in [0.3, 0.4) is 0 Å². The predicted molar refractivity (Wildman–Crippen MR) is 78.9 cm³/mol. The van der Waals surface area contributed by atoms with Crippen LogP contribution in [0.5, 0.6) is 0 Å². The van der Waals surface area contributed by atoms with Crippen LogP contribution in [0.25, 0.3) is 0 Å². The summed E-state index contributed by atoms with van der Waals surface area (Å²) < 4.78 is 6.55. The van der Waals surface area contributed by atoms with Gasteiger partial charge in [-0.3, -0.25) is 0 Å². The fourth-order valence-electron chi connectivity index (χ4n) is 2.02. The zero-order valence-electron chi connectivity index (χ0n) is 12.4. The Kier molecular flexibility index (Phi) is 5.45. The largest absolute Gasteiger partial charge is 0.414 e. The van der Waals surface area contributed by atoms with Gasteiger partial charge in [-0.15, -0.1) is 0 Å². The third-order valence-corrected chi connectivity index (χ3v) is 8.76. The van der Waals surface area contributed by atoms with Crippen LogP contribution in [-0.2, 0) is 4.43 Å². The van der Waals surface area contributed by atoms with Crippen molar-refractivity contribution in [3.63, 3.8) is 0 Å². The summed E-state index contributed by atoms with van der Waals surface area (Å²) >= 11 is 0. The van der Waals surface area contributed by atoms with Crippen LogP contribution in [0.4, 0.5) is 0 Å². The average Bonchev–Trinajstić information content (AvgIpc) is 2.29. The minimum atomic E-state index is -1.57. The van der Waals surface area contributed by atoms with E-state index in [2.05, 4.69) is 46.0 Å². The van der Waals surface area contributed by atoms with Gasteiger partial charge in [-0.1, -0.05) is 32.9 Å². The SMILES string of the molecule is CC(C)(C)[Si](C)(C)OC1CCCC=CCCC1. The third-order valence-electron chi connectivity index (χ3n) is 4.23. The van der Waals surface area contributed by atoms with E-state index in [0.29, 0.717) is 11.1 Å². The molecular formula is C15H30OSi. The van der Waals surface area contributed by atoms with Crippen molar-refractivity contribution in [3.8, 4) is 0 Å². The number of allylic oxidation sites excluding steroid dienone is 2. The number of hydrogen-bond acceptors (Lipinski definition) is 1. The molecule has 0 unspecified atom stereocenters. The highest BCUT2D eigenvalue weighted by molar-refractivity contribution is 6.74. The van der Waals surface area contributed by atoms with Crippen LogP contribution in [0.2, 0.25) is 18.1 Å². The van der Waals surface area contributed by atoms with Gasteiger partial charge in [0.2, 0.25) is 0 Å². The van der Waals surface area contributed by atoms with Gasteiger partial charge >= 0.3 is 0 Å². The van der Waals surface area contributed by atoms with E-state index in [0.717, 1.165) is 0 Å². The normalized spacial score (nSPS) is 20.8. The molecule has 1 rings (SSSR count). The molecule has 0 bridgehead atoms. The van der Waals surface area contributed by atoms with Gasteiger partial charge in [-0.2, -0.15) is 0 Å². The van der Waals surface area contributed by atoms with Crippen molar-refractivity contribution < 1.29 is 4.43 Å². The second kappa shape index (κ2) is 6.19.